The number of hydrogen-bond acceptors (Lipinski definition) is 4. The van der Waals surface area contributed by atoms with Gasteiger partial charge in [-0.3, -0.25) is 5.10 Å². The van der Waals surface area contributed by atoms with E-state index in [0.29, 0.717) is 16.4 Å². The molecule has 2 atom stereocenters. The van der Waals surface area contributed by atoms with Crippen LogP contribution in [0, 0.1) is 0 Å². The lowest BCUT2D eigenvalue weighted by molar-refractivity contribution is 0.829. The number of H-pyrrole nitrogens is 1. The van der Waals surface area contributed by atoms with Crippen LogP contribution in [0.2, 0.25) is 0 Å². The molecule has 2 rings (SSSR count). The highest BCUT2D eigenvalue weighted by atomic mass is 35.5. The third-order valence-electron chi connectivity index (χ3n) is 2.12. The van der Waals surface area contributed by atoms with Gasteiger partial charge in [-0.2, -0.15) is 16.9 Å². The molecule has 0 saturated carbocycles. The van der Waals surface area contributed by atoms with Crippen LogP contribution in [-0.2, 0) is 5.88 Å². The number of rotatable bonds is 2. The van der Waals surface area contributed by atoms with Gasteiger partial charge in [0.1, 0.15) is 5.82 Å². The van der Waals surface area contributed by atoms with Crippen LogP contribution in [0.15, 0.2) is 0 Å². The summed E-state index contributed by atoms with van der Waals surface area (Å²) < 4.78 is 0. The van der Waals surface area contributed by atoms with Crippen molar-refractivity contribution in [2.75, 3.05) is 11.5 Å². The van der Waals surface area contributed by atoms with Crippen molar-refractivity contribution in [1.82, 2.24) is 15.2 Å². The van der Waals surface area contributed by atoms with Gasteiger partial charge in [-0.25, -0.2) is 4.98 Å². The lowest BCUT2D eigenvalue weighted by Gasteiger charge is -2.25. The molecule has 1 aliphatic heterocycles. The van der Waals surface area contributed by atoms with Crippen molar-refractivity contribution in [3.05, 3.63) is 11.6 Å². The van der Waals surface area contributed by atoms with E-state index in [-0.39, 0.29) is 0 Å². The Morgan fingerprint density at radius 3 is 2.93 bits per heavy atom. The Morgan fingerprint density at radius 1 is 1.50 bits per heavy atom. The Kier molecular flexibility index (Phi) is 3.62. The fourth-order valence-electron chi connectivity index (χ4n) is 1.41. The SMILES string of the molecule is CC1SCCSC1c1n[nH]c(CCl)n1. The van der Waals surface area contributed by atoms with E-state index in [9.17, 15) is 0 Å². The smallest absolute Gasteiger partial charge is 0.164 e. The molecule has 1 N–H and O–H groups in total. The monoisotopic (exact) mass is 249 g/mol. The van der Waals surface area contributed by atoms with Crippen LogP contribution >= 0.6 is 35.1 Å². The van der Waals surface area contributed by atoms with Crippen LogP contribution in [-0.4, -0.2) is 31.9 Å². The second-order valence-corrected chi connectivity index (χ2v) is 6.14. The third kappa shape index (κ3) is 2.20. The normalized spacial score (nSPS) is 27.9. The average Bonchev–Trinajstić information content (AvgIpc) is 2.67. The molecule has 3 nitrogen and oxygen atoms in total. The standard InChI is InChI=1S/C8H12ClN3S2/c1-5-7(14-3-2-13-5)8-10-6(4-9)11-12-8/h5,7H,2-4H2,1H3,(H,10,11,12). The van der Waals surface area contributed by atoms with E-state index in [0.717, 1.165) is 11.6 Å². The van der Waals surface area contributed by atoms with Gasteiger partial charge in [0.25, 0.3) is 0 Å². The summed E-state index contributed by atoms with van der Waals surface area (Å²) >= 11 is 9.60. The van der Waals surface area contributed by atoms with Crippen LogP contribution in [0.25, 0.3) is 0 Å². The van der Waals surface area contributed by atoms with Crippen molar-refractivity contribution in [1.29, 1.82) is 0 Å². The molecular weight excluding hydrogens is 238 g/mol. The minimum atomic E-state index is 0.409. The Morgan fingerprint density at radius 2 is 2.29 bits per heavy atom. The minimum Gasteiger partial charge on any atom is -0.262 e. The highest BCUT2D eigenvalue weighted by molar-refractivity contribution is 8.06. The Labute approximate surface area is 96.8 Å². The zero-order valence-electron chi connectivity index (χ0n) is 7.86. The molecule has 0 spiro atoms. The van der Waals surface area contributed by atoms with Gasteiger partial charge in [-0.05, 0) is 0 Å². The molecule has 0 amide bonds. The van der Waals surface area contributed by atoms with E-state index in [2.05, 4.69) is 22.1 Å². The highest BCUT2D eigenvalue weighted by Crippen LogP contribution is 2.40. The summed E-state index contributed by atoms with van der Waals surface area (Å²) in [5.74, 6) is 4.50. The second kappa shape index (κ2) is 4.77. The van der Waals surface area contributed by atoms with Crippen LogP contribution < -0.4 is 0 Å². The fourth-order valence-corrected chi connectivity index (χ4v) is 4.22. The van der Waals surface area contributed by atoms with E-state index in [1.165, 1.54) is 11.5 Å². The molecular formula is C8H12ClN3S2. The predicted octanol–water partition coefficient (Wildman–Crippen LogP) is 2.45. The number of hydrogen-bond donors (Lipinski definition) is 1. The highest BCUT2D eigenvalue weighted by Gasteiger charge is 2.27. The van der Waals surface area contributed by atoms with Crippen molar-refractivity contribution in [2.24, 2.45) is 0 Å². The van der Waals surface area contributed by atoms with Gasteiger partial charge >= 0.3 is 0 Å². The molecule has 1 fully saturated rings. The summed E-state index contributed by atoms with van der Waals surface area (Å²) in [6.07, 6.45) is 0. The van der Waals surface area contributed by atoms with Crippen molar-refractivity contribution in [3.63, 3.8) is 0 Å². The van der Waals surface area contributed by atoms with Gasteiger partial charge in [0.15, 0.2) is 5.82 Å². The molecule has 78 valence electrons. The largest absolute Gasteiger partial charge is 0.262 e. The molecule has 0 aliphatic carbocycles. The number of aromatic amines is 1. The third-order valence-corrected chi connectivity index (χ3v) is 5.46. The number of aromatic nitrogens is 3. The van der Waals surface area contributed by atoms with Crippen LogP contribution in [0.4, 0.5) is 0 Å². The summed E-state index contributed by atoms with van der Waals surface area (Å²) in [5, 5.41) is 8.07. The first-order chi connectivity index (χ1) is 6.81. The molecule has 14 heavy (non-hydrogen) atoms. The molecule has 6 heteroatoms. The van der Waals surface area contributed by atoms with E-state index < -0.39 is 0 Å². The zero-order chi connectivity index (χ0) is 9.97. The van der Waals surface area contributed by atoms with Gasteiger partial charge in [-0.1, -0.05) is 6.92 Å². The molecule has 0 aromatic carbocycles. The zero-order valence-corrected chi connectivity index (χ0v) is 10.3. The first-order valence-electron chi connectivity index (χ1n) is 4.51. The van der Waals surface area contributed by atoms with Gasteiger partial charge in [-0.15, -0.1) is 23.4 Å². The number of halogens is 1. The van der Waals surface area contributed by atoms with Crippen LogP contribution in [0.3, 0.4) is 0 Å². The molecule has 2 unspecified atom stereocenters. The Balaban J connectivity index is 2.12. The number of nitrogens with zero attached hydrogens (tertiary/aromatic N) is 2. The molecule has 0 radical (unpaired) electrons. The summed E-state index contributed by atoms with van der Waals surface area (Å²) in [6.45, 7) is 2.23. The molecule has 1 saturated heterocycles. The molecule has 1 aliphatic rings. The summed E-state index contributed by atoms with van der Waals surface area (Å²) in [5.41, 5.74) is 0. The van der Waals surface area contributed by atoms with E-state index in [1.807, 2.05) is 23.5 Å². The molecule has 1 aromatic rings. The van der Waals surface area contributed by atoms with Gasteiger partial charge in [0, 0.05) is 16.8 Å². The number of alkyl halides is 1. The Hall–Kier alpha value is 0.130. The molecule has 0 bridgehead atoms. The average molecular weight is 250 g/mol. The summed E-state index contributed by atoms with van der Waals surface area (Å²) in [7, 11) is 0. The lowest BCUT2D eigenvalue weighted by Crippen LogP contribution is -2.16. The predicted molar refractivity (Wildman–Crippen MR) is 63.1 cm³/mol. The van der Waals surface area contributed by atoms with Crippen molar-refractivity contribution < 1.29 is 0 Å². The first-order valence-corrected chi connectivity index (χ1v) is 7.15. The second-order valence-electron chi connectivity index (χ2n) is 3.14. The van der Waals surface area contributed by atoms with E-state index in [4.69, 9.17) is 11.6 Å². The lowest BCUT2D eigenvalue weighted by atomic mass is 10.3. The van der Waals surface area contributed by atoms with Gasteiger partial charge in [0.2, 0.25) is 0 Å². The summed E-state index contributed by atoms with van der Waals surface area (Å²) in [4.78, 5) is 4.37. The topological polar surface area (TPSA) is 41.6 Å². The number of thioether (sulfide) groups is 2. The van der Waals surface area contributed by atoms with E-state index >= 15 is 0 Å². The minimum absolute atomic E-state index is 0.409. The maximum Gasteiger partial charge on any atom is 0.164 e. The maximum absolute atomic E-state index is 5.67. The Bertz CT molecular complexity index is 305. The van der Waals surface area contributed by atoms with E-state index in [1.54, 1.807) is 0 Å². The van der Waals surface area contributed by atoms with Crippen LogP contribution in [0.1, 0.15) is 23.8 Å². The van der Waals surface area contributed by atoms with Crippen molar-refractivity contribution >= 4 is 35.1 Å². The number of nitrogens with one attached hydrogen (secondary N) is 1. The fraction of sp³-hybridized carbons (Fsp3) is 0.750. The van der Waals surface area contributed by atoms with Gasteiger partial charge < -0.3 is 0 Å². The van der Waals surface area contributed by atoms with Gasteiger partial charge in [0.05, 0.1) is 11.1 Å². The van der Waals surface area contributed by atoms with Crippen molar-refractivity contribution in [2.45, 2.75) is 23.3 Å². The quantitative estimate of drug-likeness (QED) is 0.818. The maximum atomic E-state index is 5.67. The van der Waals surface area contributed by atoms with Crippen molar-refractivity contribution in [3.8, 4) is 0 Å². The molecule has 1 aromatic heterocycles. The molecule has 2 heterocycles. The first kappa shape index (κ1) is 10.6. The van der Waals surface area contributed by atoms with Crippen LogP contribution in [0.5, 0.6) is 0 Å². The summed E-state index contributed by atoms with van der Waals surface area (Å²) in [6, 6.07) is 0.